The molecule has 46 heavy (non-hydrogen) atoms. The van der Waals surface area contributed by atoms with Crippen LogP contribution in [0.15, 0.2) is 65.6 Å². The monoisotopic (exact) mass is 659 g/mol. The van der Waals surface area contributed by atoms with E-state index in [2.05, 4.69) is 5.32 Å². The van der Waals surface area contributed by atoms with Gasteiger partial charge >= 0.3 is 0 Å². The molecule has 0 aliphatic rings. The Bertz CT molecular complexity index is 1620. The number of carbonyl (C=O) groups excluding carboxylic acids is 2. The third kappa shape index (κ3) is 8.59. The van der Waals surface area contributed by atoms with E-state index < -0.39 is 45.8 Å². The Kier molecular flexibility index (Phi) is 11.9. The molecule has 0 saturated heterocycles. The third-order valence-electron chi connectivity index (χ3n) is 7.03. The van der Waals surface area contributed by atoms with Crippen LogP contribution in [0.25, 0.3) is 0 Å². The van der Waals surface area contributed by atoms with Gasteiger partial charge in [0.1, 0.15) is 29.9 Å². The number of halogens is 1. The second-order valence-electron chi connectivity index (χ2n) is 11.4. The predicted octanol–water partition coefficient (Wildman–Crippen LogP) is 4.78. The maximum Gasteiger partial charge on any atom is 0.265 e. The third-order valence-corrected chi connectivity index (χ3v) is 8.78. The van der Waals surface area contributed by atoms with Crippen molar-refractivity contribution in [3.05, 3.63) is 72.0 Å². The van der Waals surface area contributed by atoms with Crippen LogP contribution in [0.4, 0.5) is 10.1 Å². The molecule has 0 unspecified atom stereocenters. The molecule has 2 amide bonds. The number of carbonyl (C=O) groups is 2. The maximum atomic E-state index is 14.4. The topological polar surface area (TPSA) is 124 Å². The smallest absolute Gasteiger partial charge is 0.265 e. The maximum absolute atomic E-state index is 14.4. The van der Waals surface area contributed by atoms with E-state index >= 15 is 0 Å². The summed E-state index contributed by atoms with van der Waals surface area (Å²) in [5.41, 5.74) is -0.0322. The summed E-state index contributed by atoms with van der Waals surface area (Å²) in [6, 6.07) is 13.2. The lowest BCUT2D eigenvalue weighted by Gasteiger charge is -2.35. The summed E-state index contributed by atoms with van der Waals surface area (Å²) >= 11 is 0. The molecule has 3 rings (SSSR count). The summed E-state index contributed by atoms with van der Waals surface area (Å²) in [6.07, 6.45) is 0.222. The van der Waals surface area contributed by atoms with Gasteiger partial charge in [0.25, 0.3) is 10.0 Å². The lowest BCUT2D eigenvalue weighted by molar-refractivity contribution is -0.141. The minimum atomic E-state index is -4.49. The highest BCUT2D eigenvalue weighted by Crippen LogP contribution is 2.38. The van der Waals surface area contributed by atoms with Gasteiger partial charge in [0.05, 0.1) is 39.0 Å². The van der Waals surface area contributed by atoms with Gasteiger partial charge in [0, 0.05) is 24.2 Å². The molecule has 11 nitrogen and oxygen atoms in total. The number of benzene rings is 3. The Morgan fingerprint density at radius 2 is 1.46 bits per heavy atom. The minimum Gasteiger partial charge on any atom is -0.497 e. The number of rotatable bonds is 14. The van der Waals surface area contributed by atoms with Crippen LogP contribution in [-0.4, -0.2) is 71.7 Å². The molecular formula is C33H42FN3O8S. The second-order valence-corrected chi connectivity index (χ2v) is 13.2. The zero-order valence-electron chi connectivity index (χ0n) is 27.4. The number of methoxy groups -OCH3 is 4. The molecule has 250 valence electrons. The molecule has 3 aromatic rings. The molecule has 0 bridgehead atoms. The quantitative estimate of drug-likeness (QED) is 0.263. The van der Waals surface area contributed by atoms with Crippen molar-refractivity contribution in [3.63, 3.8) is 0 Å². The van der Waals surface area contributed by atoms with Crippen LogP contribution >= 0.6 is 0 Å². The fraction of sp³-hybridized carbons (Fsp3) is 0.394. The second kappa shape index (κ2) is 15.2. The van der Waals surface area contributed by atoms with E-state index in [-0.39, 0.29) is 35.0 Å². The standard InChI is InChI=1S/C33H42FN3O8S/c1-9-26(32(39)35-33(2,3)4)36(20-22-10-12-23(34)13-11-22)31(38)21-37(27-18-24(42-5)14-16-28(27)43-6)46(40,41)25-15-17-29(44-7)30(19-25)45-8/h10-19,26H,9,20-21H2,1-8H3,(H,35,39)/t26-/m0/s1. The first kappa shape index (κ1) is 36.0. The Labute approximate surface area is 270 Å². The first-order valence-electron chi connectivity index (χ1n) is 14.5. The summed E-state index contributed by atoms with van der Waals surface area (Å²) in [5.74, 6) is -0.626. The highest BCUT2D eigenvalue weighted by Gasteiger charge is 2.36. The van der Waals surface area contributed by atoms with Crippen LogP contribution in [0.1, 0.15) is 39.7 Å². The molecule has 3 aromatic carbocycles. The van der Waals surface area contributed by atoms with E-state index in [1.54, 1.807) is 13.0 Å². The average Bonchev–Trinajstić information content (AvgIpc) is 3.02. The van der Waals surface area contributed by atoms with Gasteiger partial charge < -0.3 is 29.2 Å². The SMILES string of the molecule is CC[C@@H](C(=O)NC(C)(C)C)N(Cc1ccc(F)cc1)C(=O)CN(c1cc(OC)ccc1OC)S(=O)(=O)c1ccc(OC)c(OC)c1. The number of hydrogen-bond donors (Lipinski definition) is 1. The predicted molar refractivity (Wildman–Crippen MR) is 173 cm³/mol. The van der Waals surface area contributed by atoms with E-state index in [0.29, 0.717) is 17.1 Å². The van der Waals surface area contributed by atoms with Gasteiger partial charge in [-0.1, -0.05) is 19.1 Å². The van der Waals surface area contributed by atoms with Crippen LogP contribution in [-0.2, 0) is 26.2 Å². The van der Waals surface area contributed by atoms with Gasteiger partial charge in [-0.3, -0.25) is 13.9 Å². The summed E-state index contributed by atoms with van der Waals surface area (Å²) in [5, 5.41) is 2.91. The van der Waals surface area contributed by atoms with Crippen LogP contribution < -0.4 is 28.6 Å². The van der Waals surface area contributed by atoms with Gasteiger partial charge in [0.2, 0.25) is 11.8 Å². The number of anilines is 1. The number of nitrogens with one attached hydrogen (secondary N) is 1. The molecule has 0 saturated carbocycles. The molecule has 0 spiro atoms. The lowest BCUT2D eigenvalue weighted by Crippen LogP contribution is -2.55. The van der Waals surface area contributed by atoms with Crippen molar-refractivity contribution >= 4 is 27.5 Å². The van der Waals surface area contributed by atoms with Crippen molar-refractivity contribution in [2.24, 2.45) is 0 Å². The van der Waals surface area contributed by atoms with Crippen molar-refractivity contribution in [1.29, 1.82) is 0 Å². The van der Waals surface area contributed by atoms with E-state index in [9.17, 15) is 22.4 Å². The Morgan fingerprint density at radius 3 is 2.00 bits per heavy atom. The Balaban J connectivity index is 2.20. The summed E-state index contributed by atoms with van der Waals surface area (Å²) < 4.78 is 65.0. The summed E-state index contributed by atoms with van der Waals surface area (Å²) in [6.45, 7) is 6.39. The lowest BCUT2D eigenvalue weighted by atomic mass is 10.1. The number of hydrogen-bond acceptors (Lipinski definition) is 8. The molecule has 0 aliphatic carbocycles. The van der Waals surface area contributed by atoms with Crippen LogP contribution in [0, 0.1) is 5.82 Å². The van der Waals surface area contributed by atoms with Gasteiger partial charge in [-0.15, -0.1) is 0 Å². The molecule has 0 aliphatic heterocycles. The molecule has 1 N–H and O–H groups in total. The number of ether oxygens (including phenoxy) is 4. The van der Waals surface area contributed by atoms with Crippen molar-refractivity contribution < 1.29 is 41.3 Å². The van der Waals surface area contributed by atoms with Crippen molar-refractivity contribution in [2.75, 3.05) is 39.3 Å². The zero-order valence-corrected chi connectivity index (χ0v) is 28.2. The molecule has 13 heteroatoms. The van der Waals surface area contributed by atoms with Crippen LogP contribution in [0.2, 0.25) is 0 Å². The molecule has 0 fully saturated rings. The summed E-state index contributed by atoms with van der Waals surface area (Å²) in [4.78, 5) is 29.0. The van der Waals surface area contributed by atoms with Crippen molar-refractivity contribution in [3.8, 4) is 23.0 Å². The van der Waals surface area contributed by atoms with E-state index in [0.717, 1.165) is 4.31 Å². The first-order valence-corrected chi connectivity index (χ1v) is 16.0. The van der Waals surface area contributed by atoms with Crippen molar-refractivity contribution in [1.82, 2.24) is 10.2 Å². The molecule has 0 aromatic heterocycles. The van der Waals surface area contributed by atoms with Crippen LogP contribution in [0.5, 0.6) is 23.0 Å². The van der Waals surface area contributed by atoms with E-state index in [1.807, 2.05) is 20.8 Å². The Hall–Kier alpha value is -4.52. The fourth-order valence-corrected chi connectivity index (χ4v) is 6.20. The van der Waals surface area contributed by atoms with E-state index in [4.69, 9.17) is 18.9 Å². The normalized spacial score (nSPS) is 12.1. The molecule has 0 heterocycles. The van der Waals surface area contributed by atoms with Gasteiger partial charge in [-0.2, -0.15) is 0 Å². The zero-order chi connectivity index (χ0) is 34.2. The number of sulfonamides is 1. The van der Waals surface area contributed by atoms with Crippen LogP contribution in [0.3, 0.4) is 0 Å². The van der Waals surface area contributed by atoms with Crippen molar-refractivity contribution in [2.45, 2.75) is 57.1 Å². The highest BCUT2D eigenvalue weighted by molar-refractivity contribution is 7.92. The largest absolute Gasteiger partial charge is 0.497 e. The number of amides is 2. The molecular weight excluding hydrogens is 617 g/mol. The van der Waals surface area contributed by atoms with E-state index in [1.165, 1.54) is 87.9 Å². The highest BCUT2D eigenvalue weighted by atomic mass is 32.2. The summed E-state index contributed by atoms with van der Waals surface area (Å²) in [7, 11) is 1.11. The molecule has 0 radical (unpaired) electrons. The molecule has 1 atom stereocenters. The van der Waals surface area contributed by atoms with Gasteiger partial charge in [-0.05, 0) is 69.2 Å². The first-order chi connectivity index (χ1) is 21.7. The fourth-order valence-electron chi connectivity index (χ4n) is 4.77. The Morgan fingerprint density at radius 1 is 0.848 bits per heavy atom. The average molecular weight is 660 g/mol. The number of nitrogens with zero attached hydrogens (tertiary/aromatic N) is 2. The minimum absolute atomic E-state index is 0.0268. The van der Waals surface area contributed by atoms with Gasteiger partial charge in [-0.25, -0.2) is 12.8 Å². The van der Waals surface area contributed by atoms with Gasteiger partial charge in [0.15, 0.2) is 11.5 Å².